The highest BCUT2D eigenvalue weighted by molar-refractivity contribution is 5.95. The van der Waals surface area contributed by atoms with E-state index in [1.165, 1.54) is 11.8 Å². The Bertz CT molecular complexity index is 780. The summed E-state index contributed by atoms with van der Waals surface area (Å²) >= 11 is 0. The Morgan fingerprint density at radius 1 is 0.963 bits per heavy atom. The highest BCUT2D eigenvalue weighted by atomic mass is 16.5. The maximum absolute atomic E-state index is 12.7. The number of ether oxygens (including phenoxy) is 1. The van der Waals surface area contributed by atoms with Crippen LogP contribution in [0.1, 0.15) is 37.5 Å². The number of anilines is 1. The fourth-order valence-electron chi connectivity index (χ4n) is 3.07. The number of carbonyl (C=O) groups is 2. The molecule has 0 spiro atoms. The van der Waals surface area contributed by atoms with Gasteiger partial charge in [0.25, 0.3) is 0 Å². The molecule has 0 heterocycles. The van der Waals surface area contributed by atoms with Crippen LogP contribution in [-0.2, 0) is 29.0 Å². The average Bonchev–Trinajstić information content (AvgIpc) is 2.67. The zero-order chi connectivity index (χ0) is 19.8. The smallest absolute Gasteiger partial charge is 0.244 e. The zero-order valence-electron chi connectivity index (χ0n) is 16.5. The molecule has 2 aromatic carbocycles. The fraction of sp³-hybridized carbons (Fsp3) is 0.364. The maximum Gasteiger partial charge on any atom is 0.244 e. The lowest BCUT2D eigenvalue weighted by molar-refractivity contribution is -0.133. The molecule has 144 valence electrons. The largest absolute Gasteiger partial charge is 0.496 e. The molecule has 0 aliphatic heterocycles. The van der Waals surface area contributed by atoms with Gasteiger partial charge in [-0.2, -0.15) is 0 Å². The molecule has 27 heavy (non-hydrogen) atoms. The van der Waals surface area contributed by atoms with E-state index in [-0.39, 0.29) is 18.4 Å². The number of nitrogens with one attached hydrogen (secondary N) is 1. The van der Waals surface area contributed by atoms with Crippen molar-refractivity contribution in [2.45, 2.75) is 40.2 Å². The predicted molar refractivity (Wildman–Crippen MR) is 108 cm³/mol. The van der Waals surface area contributed by atoms with Crippen molar-refractivity contribution in [3.63, 3.8) is 0 Å². The van der Waals surface area contributed by atoms with E-state index in [1.54, 1.807) is 7.11 Å². The predicted octanol–water partition coefficient (Wildman–Crippen LogP) is 3.81. The van der Waals surface area contributed by atoms with Crippen molar-refractivity contribution in [1.82, 2.24) is 4.90 Å². The molecular formula is C22H28N2O3. The minimum absolute atomic E-state index is 0.00537. The molecule has 0 aliphatic carbocycles. The Labute approximate surface area is 161 Å². The number of amides is 2. The number of aryl methyl sites for hydroxylation is 2. The van der Waals surface area contributed by atoms with Crippen molar-refractivity contribution >= 4 is 17.5 Å². The summed E-state index contributed by atoms with van der Waals surface area (Å²) in [5.74, 6) is 0.347. The van der Waals surface area contributed by atoms with Gasteiger partial charge in [-0.1, -0.05) is 50.2 Å². The monoisotopic (exact) mass is 368 g/mol. The lowest BCUT2D eigenvalue weighted by Crippen LogP contribution is -2.36. The first kappa shape index (κ1) is 20.5. The average molecular weight is 368 g/mol. The van der Waals surface area contributed by atoms with Gasteiger partial charge in [-0.05, 0) is 30.0 Å². The van der Waals surface area contributed by atoms with Crippen LogP contribution in [0.2, 0.25) is 0 Å². The molecule has 0 fully saturated rings. The summed E-state index contributed by atoms with van der Waals surface area (Å²) in [6.07, 6.45) is 1.67. The van der Waals surface area contributed by atoms with Crippen molar-refractivity contribution < 1.29 is 14.3 Å². The number of methoxy groups -OCH3 is 1. The first-order valence-electron chi connectivity index (χ1n) is 9.28. The van der Waals surface area contributed by atoms with Gasteiger partial charge < -0.3 is 15.0 Å². The molecule has 2 rings (SSSR count). The Morgan fingerprint density at radius 2 is 1.56 bits per heavy atom. The van der Waals surface area contributed by atoms with Gasteiger partial charge in [-0.25, -0.2) is 0 Å². The number of nitrogens with zero attached hydrogens (tertiary/aromatic N) is 1. The zero-order valence-corrected chi connectivity index (χ0v) is 16.5. The van der Waals surface area contributed by atoms with E-state index in [9.17, 15) is 9.59 Å². The first-order valence-corrected chi connectivity index (χ1v) is 9.28. The Morgan fingerprint density at radius 3 is 2.11 bits per heavy atom. The first-order chi connectivity index (χ1) is 13.0. The van der Waals surface area contributed by atoms with Gasteiger partial charge in [0.1, 0.15) is 12.3 Å². The number of para-hydroxylation sites is 2. The van der Waals surface area contributed by atoms with Crippen molar-refractivity contribution in [3.8, 4) is 5.75 Å². The lowest BCUT2D eigenvalue weighted by atomic mass is 10.0. The van der Waals surface area contributed by atoms with Crippen LogP contribution < -0.4 is 10.1 Å². The molecule has 2 amide bonds. The molecule has 0 saturated heterocycles. The molecule has 0 radical (unpaired) electrons. The van der Waals surface area contributed by atoms with Gasteiger partial charge in [0.05, 0.1) is 7.11 Å². The van der Waals surface area contributed by atoms with Gasteiger partial charge >= 0.3 is 0 Å². The summed E-state index contributed by atoms with van der Waals surface area (Å²) in [6.45, 7) is 5.92. The van der Waals surface area contributed by atoms with Crippen molar-refractivity contribution in [2.75, 3.05) is 19.0 Å². The van der Waals surface area contributed by atoms with Crippen LogP contribution >= 0.6 is 0 Å². The SMILES string of the molecule is CCc1cccc(CC)c1NC(=O)CN(Cc1ccccc1OC)C(C)=O. The summed E-state index contributed by atoms with van der Waals surface area (Å²) in [4.78, 5) is 26.3. The van der Waals surface area contributed by atoms with Crippen LogP contribution in [0.4, 0.5) is 5.69 Å². The van der Waals surface area contributed by atoms with Gasteiger partial charge in [0.15, 0.2) is 0 Å². The Kier molecular flexibility index (Phi) is 7.41. The van der Waals surface area contributed by atoms with E-state index in [1.807, 2.05) is 42.5 Å². The molecule has 5 nitrogen and oxygen atoms in total. The Hall–Kier alpha value is -2.82. The van der Waals surface area contributed by atoms with E-state index >= 15 is 0 Å². The van der Waals surface area contributed by atoms with Crippen LogP contribution in [0.15, 0.2) is 42.5 Å². The minimum atomic E-state index is -0.198. The highest BCUT2D eigenvalue weighted by Crippen LogP contribution is 2.23. The number of hydrogen-bond acceptors (Lipinski definition) is 3. The van der Waals surface area contributed by atoms with Crippen LogP contribution in [0.3, 0.4) is 0 Å². The van der Waals surface area contributed by atoms with Crippen LogP contribution in [0.5, 0.6) is 5.75 Å². The van der Waals surface area contributed by atoms with Gasteiger partial charge in [0.2, 0.25) is 11.8 Å². The molecule has 0 unspecified atom stereocenters. The molecular weight excluding hydrogens is 340 g/mol. The third kappa shape index (κ3) is 5.33. The second kappa shape index (κ2) is 9.76. The molecule has 0 aliphatic rings. The van der Waals surface area contributed by atoms with Crippen LogP contribution in [-0.4, -0.2) is 30.4 Å². The molecule has 0 saturated carbocycles. The van der Waals surface area contributed by atoms with Gasteiger partial charge in [0, 0.05) is 24.7 Å². The third-order valence-electron chi connectivity index (χ3n) is 4.60. The topological polar surface area (TPSA) is 58.6 Å². The molecule has 5 heteroatoms. The van der Waals surface area contributed by atoms with E-state index < -0.39 is 0 Å². The standard InChI is InChI=1S/C22H28N2O3/c1-5-17-11-9-12-18(6-2)22(17)23-21(26)15-24(16(3)25)14-19-10-7-8-13-20(19)27-4/h7-13H,5-6,14-15H2,1-4H3,(H,23,26). The highest BCUT2D eigenvalue weighted by Gasteiger charge is 2.17. The number of benzene rings is 2. The summed E-state index contributed by atoms with van der Waals surface area (Å²) in [7, 11) is 1.59. The molecule has 0 atom stereocenters. The van der Waals surface area contributed by atoms with Crippen molar-refractivity contribution in [2.24, 2.45) is 0 Å². The van der Waals surface area contributed by atoms with E-state index in [2.05, 4.69) is 19.2 Å². The second-order valence-corrected chi connectivity index (χ2v) is 6.39. The number of carbonyl (C=O) groups excluding carboxylic acids is 2. The normalized spacial score (nSPS) is 10.4. The van der Waals surface area contributed by atoms with Gasteiger partial charge in [-0.15, -0.1) is 0 Å². The fourth-order valence-corrected chi connectivity index (χ4v) is 3.07. The maximum atomic E-state index is 12.7. The summed E-state index contributed by atoms with van der Waals surface area (Å²) < 4.78 is 5.35. The molecule has 0 aromatic heterocycles. The number of hydrogen-bond donors (Lipinski definition) is 1. The summed E-state index contributed by atoms with van der Waals surface area (Å²) in [5, 5.41) is 3.02. The minimum Gasteiger partial charge on any atom is -0.496 e. The Balaban J connectivity index is 2.15. The van der Waals surface area contributed by atoms with E-state index in [0.29, 0.717) is 12.3 Å². The van der Waals surface area contributed by atoms with Crippen LogP contribution in [0.25, 0.3) is 0 Å². The second-order valence-electron chi connectivity index (χ2n) is 6.39. The van der Waals surface area contributed by atoms with Crippen molar-refractivity contribution in [3.05, 3.63) is 59.2 Å². The third-order valence-corrected chi connectivity index (χ3v) is 4.60. The lowest BCUT2D eigenvalue weighted by Gasteiger charge is -2.22. The van der Waals surface area contributed by atoms with Crippen molar-refractivity contribution in [1.29, 1.82) is 0 Å². The molecule has 1 N–H and O–H groups in total. The van der Waals surface area contributed by atoms with Gasteiger partial charge in [-0.3, -0.25) is 9.59 Å². The van der Waals surface area contributed by atoms with Crippen LogP contribution in [0, 0.1) is 0 Å². The van der Waals surface area contributed by atoms with E-state index in [0.717, 1.165) is 35.2 Å². The van der Waals surface area contributed by atoms with E-state index in [4.69, 9.17) is 4.74 Å². The summed E-state index contributed by atoms with van der Waals surface area (Å²) in [5.41, 5.74) is 3.93. The molecule has 0 bridgehead atoms. The quantitative estimate of drug-likeness (QED) is 0.771. The number of rotatable bonds is 8. The molecule has 2 aromatic rings. The summed E-state index contributed by atoms with van der Waals surface area (Å²) in [6, 6.07) is 13.6.